The van der Waals surface area contributed by atoms with Crippen LogP contribution < -0.4 is 10.6 Å². The quantitative estimate of drug-likeness (QED) is 0.803. The zero-order valence-electron chi connectivity index (χ0n) is 12.2. The Balaban J connectivity index is 2.01. The molecule has 2 aromatic rings. The number of carbonyl (C=O) groups excluding carboxylic acids is 1. The number of aryl methyl sites for hydroxylation is 1. The Hall–Kier alpha value is -2.57. The highest BCUT2D eigenvalue weighted by atomic mass is 19.4. The molecule has 0 aliphatic rings. The Labute approximate surface area is 130 Å². The molecule has 0 unspecified atom stereocenters. The van der Waals surface area contributed by atoms with Crippen LogP contribution in [0.4, 0.5) is 28.0 Å². The number of halogens is 4. The highest BCUT2D eigenvalue weighted by Gasteiger charge is 2.31. The van der Waals surface area contributed by atoms with Crippen molar-refractivity contribution in [2.24, 2.45) is 0 Å². The van der Waals surface area contributed by atoms with Crippen molar-refractivity contribution >= 4 is 11.7 Å². The van der Waals surface area contributed by atoms with Gasteiger partial charge in [-0.15, -0.1) is 0 Å². The molecule has 2 N–H and O–H groups in total. The van der Waals surface area contributed by atoms with Crippen LogP contribution in [0.3, 0.4) is 0 Å². The number of alkyl halides is 3. The molecule has 0 aliphatic heterocycles. The Morgan fingerprint density at radius 2 is 1.74 bits per heavy atom. The van der Waals surface area contributed by atoms with Crippen molar-refractivity contribution in [3.63, 3.8) is 0 Å². The van der Waals surface area contributed by atoms with Gasteiger partial charge in [-0.2, -0.15) is 13.2 Å². The standard InChI is InChI=1S/C16H14F4N2O/c1-10-2-4-11(5-3-10)9-21-15(23)22-14-8-12(16(18,19)20)6-7-13(14)17/h2-8H,9H2,1H3,(H2,21,22,23). The van der Waals surface area contributed by atoms with Crippen LogP contribution in [-0.4, -0.2) is 6.03 Å². The minimum absolute atomic E-state index is 0.173. The summed E-state index contributed by atoms with van der Waals surface area (Å²) in [7, 11) is 0. The zero-order valence-corrected chi connectivity index (χ0v) is 12.2. The lowest BCUT2D eigenvalue weighted by Crippen LogP contribution is -2.28. The first-order valence-electron chi connectivity index (χ1n) is 6.73. The lowest BCUT2D eigenvalue weighted by atomic mass is 10.1. The second-order valence-corrected chi connectivity index (χ2v) is 4.99. The highest BCUT2D eigenvalue weighted by Crippen LogP contribution is 2.31. The fourth-order valence-electron chi connectivity index (χ4n) is 1.85. The molecule has 0 saturated carbocycles. The van der Waals surface area contributed by atoms with E-state index in [1.807, 2.05) is 19.1 Å². The summed E-state index contributed by atoms with van der Waals surface area (Å²) in [4.78, 5) is 11.7. The maximum atomic E-state index is 13.5. The molecular weight excluding hydrogens is 312 g/mol. The molecule has 0 saturated heterocycles. The average molecular weight is 326 g/mol. The summed E-state index contributed by atoms with van der Waals surface area (Å²) in [6.07, 6.45) is -4.61. The Morgan fingerprint density at radius 3 is 2.35 bits per heavy atom. The van der Waals surface area contributed by atoms with Gasteiger partial charge in [-0.05, 0) is 30.7 Å². The third-order valence-corrected chi connectivity index (χ3v) is 3.12. The van der Waals surface area contributed by atoms with Crippen LogP contribution >= 0.6 is 0 Å². The van der Waals surface area contributed by atoms with Gasteiger partial charge in [0.2, 0.25) is 0 Å². The van der Waals surface area contributed by atoms with Crippen LogP contribution in [0.5, 0.6) is 0 Å². The molecule has 3 nitrogen and oxygen atoms in total. The maximum Gasteiger partial charge on any atom is 0.416 e. The van der Waals surface area contributed by atoms with Crippen LogP contribution in [0.25, 0.3) is 0 Å². The molecule has 2 amide bonds. The molecule has 7 heteroatoms. The smallest absolute Gasteiger partial charge is 0.334 e. The third kappa shape index (κ3) is 4.70. The van der Waals surface area contributed by atoms with Gasteiger partial charge in [0, 0.05) is 6.54 Å². The first kappa shape index (κ1) is 16.8. The van der Waals surface area contributed by atoms with Crippen LogP contribution in [-0.2, 0) is 12.7 Å². The summed E-state index contributed by atoms with van der Waals surface area (Å²) in [5.41, 5.74) is 0.313. The molecule has 0 radical (unpaired) electrons. The molecule has 0 aliphatic carbocycles. The van der Waals surface area contributed by atoms with Gasteiger partial charge in [-0.25, -0.2) is 9.18 Å². The lowest BCUT2D eigenvalue weighted by molar-refractivity contribution is -0.137. The van der Waals surface area contributed by atoms with Crippen LogP contribution in [0.2, 0.25) is 0 Å². The van der Waals surface area contributed by atoms with Gasteiger partial charge in [0.05, 0.1) is 11.3 Å². The van der Waals surface area contributed by atoms with E-state index >= 15 is 0 Å². The van der Waals surface area contributed by atoms with E-state index in [1.165, 1.54) is 0 Å². The molecule has 2 rings (SSSR count). The van der Waals surface area contributed by atoms with Gasteiger partial charge in [-0.1, -0.05) is 29.8 Å². The van der Waals surface area contributed by atoms with Crippen molar-refractivity contribution in [3.8, 4) is 0 Å². The van der Waals surface area contributed by atoms with Crippen molar-refractivity contribution in [1.82, 2.24) is 5.32 Å². The van der Waals surface area contributed by atoms with E-state index in [0.29, 0.717) is 18.2 Å². The van der Waals surface area contributed by atoms with E-state index in [1.54, 1.807) is 12.1 Å². The number of nitrogens with one attached hydrogen (secondary N) is 2. The Morgan fingerprint density at radius 1 is 1.09 bits per heavy atom. The SMILES string of the molecule is Cc1ccc(CNC(=O)Nc2cc(C(F)(F)F)ccc2F)cc1. The largest absolute Gasteiger partial charge is 0.416 e. The number of rotatable bonds is 3. The lowest BCUT2D eigenvalue weighted by Gasteiger charge is -2.12. The van der Waals surface area contributed by atoms with Crippen molar-refractivity contribution in [2.75, 3.05) is 5.32 Å². The van der Waals surface area contributed by atoms with Gasteiger partial charge in [0.25, 0.3) is 0 Å². The van der Waals surface area contributed by atoms with E-state index in [9.17, 15) is 22.4 Å². The predicted octanol–water partition coefficient (Wildman–Crippen LogP) is 4.47. The number of urea groups is 1. The molecule has 0 heterocycles. The van der Waals surface area contributed by atoms with Crippen molar-refractivity contribution < 1.29 is 22.4 Å². The molecule has 0 bridgehead atoms. The number of hydrogen-bond acceptors (Lipinski definition) is 1. The number of carbonyl (C=O) groups is 1. The van der Waals surface area contributed by atoms with Crippen molar-refractivity contribution in [3.05, 3.63) is 65.0 Å². The summed E-state index contributed by atoms with van der Waals surface area (Å²) < 4.78 is 51.3. The normalized spacial score (nSPS) is 11.2. The Bertz CT molecular complexity index is 696. The monoisotopic (exact) mass is 326 g/mol. The molecule has 2 aromatic carbocycles. The first-order valence-corrected chi connectivity index (χ1v) is 6.73. The summed E-state index contributed by atoms with van der Waals surface area (Å²) in [6, 6.07) is 8.39. The minimum Gasteiger partial charge on any atom is -0.334 e. The van der Waals surface area contributed by atoms with E-state index in [-0.39, 0.29) is 6.54 Å². The first-order chi connectivity index (χ1) is 10.8. The second kappa shape index (κ2) is 6.68. The van der Waals surface area contributed by atoms with Crippen LogP contribution in [0, 0.1) is 12.7 Å². The van der Waals surface area contributed by atoms with E-state index in [2.05, 4.69) is 10.6 Å². The summed E-state index contributed by atoms with van der Waals surface area (Å²) >= 11 is 0. The fourth-order valence-corrected chi connectivity index (χ4v) is 1.85. The van der Waals surface area contributed by atoms with Gasteiger partial charge >= 0.3 is 12.2 Å². The predicted molar refractivity (Wildman–Crippen MR) is 78.4 cm³/mol. The van der Waals surface area contributed by atoms with Gasteiger partial charge in [0.1, 0.15) is 5.82 Å². The number of benzene rings is 2. The molecule has 0 spiro atoms. The molecule has 23 heavy (non-hydrogen) atoms. The van der Waals surface area contributed by atoms with E-state index in [4.69, 9.17) is 0 Å². The van der Waals surface area contributed by atoms with Crippen molar-refractivity contribution in [2.45, 2.75) is 19.6 Å². The molecule has 0 fully saturated rings. The van der Waals surface area contributed by atoms with Gasteiger partial charge < -0.3 is 10.6 Å². The minimum atomic E-state index is -4.61. The van der Waals surface area contributed by atoms with Gasteiger partial charge in [-0.3, -0.25) is 0 Å². The van der Waals surface area contributed by atoms with E-state index in [0.717, 1.165) is 11.1 Å². The highest BCUT2D eigenvalue weighted by molar-refractivity contribution is 5.89. The molecule has 0 aromatic heterocycles. The molecule has 0 atom stereocenters. The summed E-state index contributed by atoms with van der Waals surface area (Å²) in [5.74, 6) is -0.941. The third-order valence-electron chi connectivity index (χ3n) is 3.12. The number of anilines is 1. The molecule has 122 valence electrons. The maximum absolute atomic E-state index is 13.5. The van der Waals surface area contributed by atoms with E-state index < -0.39 is 29.3 Å². The van der Waals surface area contributed by atoms with Crippen molar-refractivity contribution in [1.29, 1.82) is 0 Å². The van der Waals surface area contributed by atoms with Crippen LogP contribution in [0.15, 0.2) is 42.5 Å². The fraction of sp³-hybridized carbons (Fsp3) is 0.188. The second-order valence-electron chi connectivity index (χ2n) is 4.99. The average Bonchev–Trinajstić information content (AvgIpc) is 2.48. The zero-order chi connectivity index (χ0) is 17.0. The Kier molecular flexibility index (Phi) is 4.88. The number of hydrogen-bond donors (Lipinski definition) is 2. The molecular formula is C16H14F4N2O. The topological polar surface area (TPSA) is 41.1 Å². The summed E-state index contributed by atoms with van der Waals surface area (Å²) in [6.45, 7) is 2.09. The summed E-state index contributed by atoms with van der Waals surface area (Å²) in [5, 5.41) is 4.53. The van der Waals surface area contributed by atoms with Crippen LogP contribution in [0.1, 0.15) is 16.7 Å². The van der Waals surface area contributed by atoms with Gasteiger partial charge in [0.15, 0.2) is 0 Å². The number of amides is 2.